The van der Waals surface area contributed by atoms with E-state index in [1.165, 1.54) is 24.6 Å². The topological polar surface area (TPSA) is 115 Å². The third-order valence-corrected chi connectivity index (χ3v) is 4.27. The molecule has 1 aliphatic rings. The number of carbonyl (C=O) groups is 1. The number of H-pyrrole nitrogens is 1. The van der Waals surface area contributed by atoms with Crippen LogP contribution in [0.25, 0.3) is 0 Å². The first kappa shape index (κ1) is 13.9. The van der Waals surface area contributed by atoms with E-state index < -0.39 is 0 Å². The molecule has 8 nitrogen and oxygen atoms in total. The summed E-state index contributed by atoms with van der Waals surface area (Å²) >= 11 is 1.23. The number of anilines is 2. The van der Waals surface area contributed by atoms with E-state index in [2.05, 4.69) is 25.6 Å². The van der Waals surface area contributed by atoms with E-state index in [9.17, 15) is 4.79 Å². The Bertz CT molecular complexity index is 617. The zero-order valence-electron chi connectivity index (χ0n) is 11.5. The number of nitrogens with one attached hydrogen (secondary N) is 2. The lowest BCUT2D eigenvalue weighted by atomic mass is 10.2. The van der Waals surface area contributed by atoms with E-state index in [0.29, 0.717) is 11.2 Å². The summed E-state index contributed by atoms with van der Waals surface area (Å²) in [7, 11) is 0. The molecule has 0 unspecified atom stereocenters. The first-order chi connectivity index (χ1) is 10.2. The van der Waals surface area contributed by atoms with E-state index in [1.807, 2.05) is 10.7 Å². The number of amides is 1. The van der Waals surface area contributed by atoms with Crippen molar-refractivity contribution >= 4 is 29.4 Å². The monoisotopic (exact) mass is 307 g/mol. The van der Waals surface area contributed by atoms with Gasteiger partial charge in [0.15, 0.2) is 0 Å². The van der Waals surface area contributed by atoms with Crippen molar-refractivity contribution in [3.8, 4) is 0 Å². The van der Waals surface area contributed by atoms with Crippen molar-refractivity contribution in [3.05, 3.63) is 12.3 Å². The van der Waals surface area contributed by atoms with Crippen LogP contribution < -0.4 is 11.1 Å². The van der Waals surface area contributed by atoms with Crippen LogP contribution in [-0.4, -0.2) is 36.6 Å². The van der Waals surface area contributed by atoms with Crippen LogP contribution in [0.2, 0.25) is 0 Å². The number of aromatic amines is 1. The maximum atomic E-state index is 12.0. The molecular weight excluding hydrogens is 290 g/mol. The molecule has 0 aliphatic heterocycles. The highest BCUT2D eigenvalue weighted by Crippen LogP contribution is 2.31. The number of nitrogen functional groups attached to an aromatic ring is 1. The number of nitrogens with zero attached hydrogens (tertiary/aromatic N) is 4. The summed E-state index contributed by atoms with van der Waals surface area (Å²) in [4.78, 5) is 15.9. The number of carbonyl (C=O) groups excluding carboxylic acids is 1. The SMILES string of the molecule is Nc1nc(SCC(=O)Nc2ccnn2C2CCCC2)n[nH]1. The average Bonchev–Trinajstić information content (AvgIpc) is 3.16. The van der Waals surface area contributed by atoms with Crippen molar-refractivity contribution in [2.24, 2.45) is 0 Å². The van der Waals surface area contributed by atoms with E-state index in [4.69, 9.17) is 5.73 Å². The summed E-state index contributed by atoms with van der Waals surface area (Å²) in [6.07, 6.45) is 6.41. The molecule has 1 fully saturated rings. The largest absolute Gasteiger partial charge is 0.368 e. The van der Waals surface area contributed by atoms with E-state index >= 15 is 0 Å². The van der Waals surface area contributed by atoms with Crippen molar-refractivity contribution in [2.75, 3.05) is 16.8 Å². The third kappa shape index (κ3) is 3.35. The first-order valence-electron chi connectivity index (χ1n) is 6.86. The molecule has 0 bridgehead atoms. The Balaban J connectivity index is 1.56. The van der Waals surface area contributed by atoms with Crippen molar-refractivity contribution in [3.63, 3.8) is 0 Å². The molecule has 2 heterocycles. The molecule has 21 heavy (non-hydrogen) atoms. The zero-order valence-corrected chi connectivity index (χ0v) is 12.3. The number of hydrogen-bond donors (Lipinski definition) is 3. The summed E-state index contributed by atoms with van der Waals surface area (Å²) < 4.78 is 1.92. The van der Waals surface area contributed by atoms with Crippen LogP contribution in [0.4, 0.5) is 11.8 Å². The molecule has 0 aromatic carbocycles. The molecule has 0 radical (unpaired) electrons. The summed E-state index contributed by atoms with van der Waals surface area (Å²) in [6, 6.07) is 2.22. The fourth-order valence-corrected chi connectivity index (χ4v) is 3.09. The number of hydrogen-bond acceptors (Lipinski definition) is 6. The standard InChI is InChI=1S/C12H17N7OS/c13-11-16-12(18-17-11)21-7-10(20)15-9-5-6-14-19(9)8-3-1-2-4-8/h5-6,8H,1-4,7H2,(H,15,20)(H3,13,16,17,18). The second-order valence-electron chi connectivity index (χ2n) is 4.94. The van der Waals surface area contributed by atoms with Gasteiger partial charge in [-0.05, 0) is 12.8 Å². The molecule has 0 atom stereocenters. The van der Waals surface area contributed by atoms with Gasteiger partial charge < -0.3 is 11.1 Å². The van der Waals surface area contributed by atoms with Gasteiger partial charge in [0, 0.05) is 6.07 Å². The lowest BCUT2D eigenvalue weighted by Crippen LogP contribution is -2.19. The van der Waals surface area contributed by atoms with Crippen molar-refractivity contribution in [2.45, 2.75) is 36.9 Å². The number of nitrogens with two attached hydrogens (primary N) is 1. The number of aromatic nitrogens is 5. The Kier molecular flexibility index (Phi) is 4.09. The molecule has 1 amide bonds. The number of rotatable bonds is 5. The number of thioether (sulfide) groups is 1. The molecular formula is C12H17N7OS. The van der Waals surface area contributed by atoms with Crippen LogP contribution >= 0.6 is 11.8 Å². The summed E-state index contributed by atoms with van der Waals surface area (Å²) in [5.74, 6) is 1.12. The van der Waals surface area contributed by atoms with Gasteiger partial charge >= 0.3 is 0 Å². The minimum absolute atomic E-state index is 0.108. The third-order valence-electron chi connectivity index (χ3n) is 3.42. The Labute approximate surface area is 125 Å². The van der Waals surface area contributed by atoms with Crippen molar-refractivity contribution in [1.29, 1.82) is 0 Å². The molecule has 112 valence electrons. The van der Waals surface area contributed by atoms with E-state index in [0.717, 1.165) is 18.7 Å². The van der Waals surface area contributed by atoms with Crippen LogP contribution in [0.3, 0.4) is 0 Å². The molecule has 3 rings (SSSR count). The van der Waals surface area contributed by atoms with Gasteiger partial charge in [-0.3, -0.25) is 4.79 Å². The molecule has 0 saturated heterocycles. The Morgan fingerprint density at radius 2 is 2.33 bits per heavy atom. The van der Waals surface area contributed by atoms with Crippen LogP contribution in [0.1, 0.15) is 31.7 Å². The normalized spacial score (nSPS) is 15.4. The van der Waals surface area contributed by atoms with Gasteiger partial charge in [0.2, 0.25) is 17.0 Å². The van der Waals surface area contributed by atoms with Crippen LogP contribution in [-0.2, 0) is 4.79 Å². The fraction of sp³-hybridized carbons (Fsp3) is 0.500. The molecule has 0 spiro atoms. The summed E-state index contributed by atoms with van der Waals surface area (Å²) in [5.41, 5.74) is 5.43. The highest BCUT2D eigenvalue weighted by molar-refractivity contribution is 7.99. The van der Waals surface area contributed by atoms with Crippen molar-refractivity contribution < 1.29 is 4.79 Å². The predicted octanol–water partition coefficient (Wildman–Crippen LogP) is 1.43. The van der Waals surface area contributed by atoms with Crippen LogP contribution in [0.15, 0.2) is 17.4 Å². The van der Waals surface area contributed by atoms with Gasteiger partial charge in [0.25, 0.3) is 0 Å². The summed E-state index contributed by atoms with van der Waals surface area (Å²) in [5, 5.41) is 14.1. The van der Waals surface area contributed by atoms with Gasteiger partial charge in [0.05, 0.1) is 18.0 Å². The lowest BCUT2D eigenvalue weighted by Gasteiger charge is -2.14. The smallest absolute Gasteiger partial charge is 0.235 e. The van der Waals surface area contributed by atoms with E-state index in [1.54, 1.807) is 6.20 Å². The molecule has 2 aromatic heterocycles. The second-order valence-corrected chi connectivity index (χ2v) is 5.88. The first-order valence-corrected chi connectivity index (χ1v) is 7.85. The van der Waals surface area contributed by atoms with Crippen LogP contribution in [0, 0.1) is 0 Å². The minimum atomic E-state index is -0.108. The van der Waals surface area contributed by atoms with Gasteiger partial charge in [-0.15, -0.1) is 5.10 Å². The molecule has 4 N–H and O–H groups in total. The quantitative estimate of drug-likeness (QED) is 0.720. The molecule has 2 aromatic rings. The highest BCUT2D eigenvalue weighted by Gasteiger charge is 2.20. The fourth-order valence-electron chi connectivity index (χ4n) is 2.48. The maximum Gasteiger partial charge on any atom is 0.235 e. The van der Waals surface area contributed by atoms with Gasteiger partial charge in [-0.2, -0.15) is 10.1 Å². The van der Waals surface area contributed by atoms with Gasteiger partial charge in [-0.1, -0.05) is 24.6 Å². The Hall–Kier alpha value is -2.03. The molecule has 9 heteroatoms. The second kappa shape index (κ2) is 6.17. The average molecular weight is 307 g/mol. The summed E-state index contributed by atoms with van der Waals surface area (Å²) in [6.45, 7) is 0. The minimum Gasteiger partial charge on any atom is -0.368 e. The zero-order chi connectivity index (χ0) is 14.7. The van der Waals surface area contributed by atoms with Gasteiger partial charge in [0.1, 0.15) is 5.82 Å². The highest BCUT2D eigenvalue weighted by atomic mass is 32.2. The van der Waals surface area contributed by atoms with Crippen LogP contribution in [0.5, 0.6) is 0 Å². The van der Waals surface area contributed by atoms with Gasteiger partial charge in [-0.25, -0.2) is 9.78 Å². The Morgan fingerprint density at radius 3 is 3.05 bits per heavy atom. The predicted molar refractivity (Wildman–Crippen MR) is 79.9 cm³/mol. The molecule has 1 saturated carbocycles. The molecule has 1 aliphatic carbocycles. The van der Waals surface area contributed by atoms with E-state index in [-0.39, 0.29) is 17.6 Å². The lowest BCUT2D eigenvalue weighted by molar-refractivity contribution is -0.113. The Morgan fingerprint density at radius 1 is 1.52 bits per heavy atom. The maximum absolute atomic E-state index is 12.0. The van der Waals surface area contributed by atoms with Crippen molar-refractivity contribution in [1.82, 2.24) is 25.0 Å².